The molecule has 30 heavy (non-hydrogen) atoms. The second kappa shape index (κ2) is 9.60. The lowest BCUT2D eigenvalue weighted by molar-refractivity contribution is -0.132. The molecule has 4 rings (SSSR count). The maximum atomic E-state index is 12.7. The second-order valence-corrected chi connectivity index (χ2v) is 7.96. The van der Waals surface area contributed by atoms with Crippen molar-refractivity contribution < 1.29 is 9.59 Å². The molecule has 1 fully saturated rings. The summed E-state index contributed by atoms with van der Waals surface area (Å²) in [5.74, 6) is 0.0340. The molecule has 0 atom stereocenters. The van der Waals surface area contributed by atoms with Crippen LogP contribution in [-0.2, 0) is 16.0 Å². The number of thiazole rings is 1. The van der Waals surface area contributed by atoms with Crippen molar-refractivity contribution in [2.45, 2.75) is 6.42 Å². The molecule has 3 heterocycles. The van der Waals surface area contributed by atoms with Crippen molar-refractivity contribution in [3.8, 4) is 10.7 Å². The molecule has 0 bridgehead atoms. The number of hydrogen-bond acceptors (Lipinski definition) is 6. The van der Waals surface area contributed by atoms with Crippen LogP contribution in [0.4, 0.5) is 5.69 Å². The number of piperazine rings is 1. The summed E-state index contributed by atoms with van der Waals surface area (Å²) in [6.07, 6.45) is 2.03. The zero-order chi connectivity index (χ0) is 20.8. The lowest BCUT2D eigenvalue weighted by atomic mass is 10.2. The van der Waals surface area contributed by atoms with E-state index in [0.717, 1.165) is 22.1 Å². The molecule has 7 nitrogen and oxygen atoms in total. The van der Waals surface area contributed by atoms with Crippen LogP contribution >= 0.6 is 11.3 Å². The van der Waals surface area contributed by atoms with Crippen LogP contribution in [0.2, 0.25) is 0 Å². The Labute approximate surface area is 179 Å². The maximum absolute atomic E-state index is 12.7. The van der Waals surface area contributed by atoms with Crippen molar-refractivity contribution in [3.05, 3.63) is 65.8 Å². The summed E-state index contributed by atoms with van der Waals surface area (Å²) in [7, 11) is 0. The van der Waals surface area contributed by atoms with E-state index in [1.54, 1.807) is 6.20 Å². The SMILES string of the molecule is O=C(CN1CCN(C(=O)Cc2csc(-c3ccccn3)n2)CC1)Nc1ccccc1. The first kappa shape index (κ1) is 20.2. The Balaban J connectivity index is 1.24. The summed E-state index contributed by atoms with van der Waals surface area (Å²) in [5, 5.41) is 5.65. The molecule has 1 aliphatic rings. The first-order valence-corrected chi connectivity index (χ1v) is 10.8. The number of nitrogens with zero attached hydrogens (tertiary/aromatic N) is 4. The normalized spacial score (nSPS) is 14.5. The Morgan fingerprint density at radius 3 is 2.50 bits per heavy atom. The quantitative estimate of drug-likeness (QED) is 0.662. The van der Waals surface area contributed by atoms with E-state index in [1.165, 1.54) is 11.3 Å². The number of para-hydroxylation sites is 1. The van der Waals surface area contributed by atoms with Crippen molar-refractivity contribution in [2.75, 3.05) is 38.0 Å². The highest BCUT2D eigenvalue weighted by Gasteiger charge is 2.23. The van der Waals surface area contributed by atoms with Gasteiger partial charge in [0.2, 0.25) is 11.8 Å². The Kier molecular flexibility index (Phi) is 6.46. The number of carbonyl (C=O) groups is 2. The maximum Gasteiger partial charge on any atom is 0.238 e. The van der Waals surface area contributed by atoms with Crippen molar-refractivity contribution >= 4 is 28.8 Å². The highest BCUT2D eigenvalue weighted by molar-refractivity contribution is 7.13. The average molecular weight is 422 g/mol. The molecular weight excluding hydrogens is 398 g/mol. The standard InChI is InChI=1S/C22H23N5O2S/c28-20(24-17-6-2-1-3-7-17)15-26-10-12-27(13-11-26)21(29)14-18-16-30-22(25-18)19-8-4-5-9-23-19/h1-9,16H,10-15H2,(H,24,28). The smallest absolute Gasteiger partial charge is 0.238 e. The predicted molar refractivity (Wildman–Crippen MR) is 117 cm³/mol. The molecular formula is C22H23N5O2S. The molecule has 1 aromatic carbocycles. The highest BCUT2D eigenvalue weighted by Crippen LogP contribution is 2.22. The van der Waals surface area contributed by atoms with Crippen molar-refractivity contribution in [3.63, 3.8) is 0 Å². The number of aromatic nitrogens is 2. The van der Waals surface area contributed by atoms with E-state index in [4.69, 9.17) is 0 Å². The second-order valence-electron chi connectivity index (χ2n) is 7.11. The number of hydrogen-bond donors (Lipinski definition) is 1. The van der Waals surface area contributed by atoms with E-state index in [0.29, 0.717) is 32.7 Å². The Bertz CT molecular complexity index is 985. The van der Waals surface area contributed by atoms with Crippen LogP contribution in [0.5, 0.6) is 0 Å². The van der Waals surface area contributed by atoms with Crippen LogP contribution in [0.25, 0.3) is 10.7 Å². The predicted octanol–water partition coefficient (Wildman–Crippen LogP) is 2.53. The average Bonchev–Trinajstić information content (AvgIpc) is 3.24. The Morgan fingerprint density at radius 1 is 1.00 bits per heavy atom. The third kappa shape index (κ3) is 5.28. The van der Waals surface area contributed by atoms with Crippen LogP contribution in [-0.4, -0.2) is 64.3 Å². The number of anilines is 1. The minimum absolute atomic E-state index is 0.0366. The molecule has 3 aromatic rings. The molecule has 1 aliphatic heterocycles. The van der Waals surface area contributed by atoms with Gasteiger partial charge in [-0.15, -0.1) is 11.3 Å². The summed E-state index contributed by atoms with van der Waals surface area (Å²) in [5.41, 5.74) is 2.39. The fourth-order valence-corrected chi connectivity index (χ4v) is 4.14. The van der Waals surface area contributed by atoms with Gasteiger partial charge in [0.1, 0.15) is 5.01 Å². The van der Waals surface area contributed by atoms with Gasteiger partial charge in [0.25, 0.3) is 0 Å². The zero-order valence-corrected chi connectivity index (χ0v) is 17.3. The van der Waals surface area contributed by atoms with Gasteiger partial charge in [-0.1, -0.05) is 24.3 Å². The summed E-state index contributed by atoms with van der Waals surface area (Å²) in [6.45, 7) is 2.94. The fraction of sp³-hybridized carbons (Fsp3) is 0.273. The number of carbonyl (C=O) groups excluding carboxylic acids is 2. The number of rotatable bonds is 6. The first-order valence-electron chi connectivity index (χ1n) is 9.88. The third-order valence-corrected chi connectivity index (χ3v) is 5.83. The minimum atomic E-state index is -0.0366. The number of pyridine rings is 1. The van der Waals surface area contributed by atoms with Crippen LogP contribution in [0, 0.1) is 0 Å². The summed E-state index contributed by atoms with van der Waals surface area (Å²) < 4.78 is 0. The first-order chi connectivity index (χ1) is 14.7. The van der Waals surface area contributed by atoms with Gasteiger partial charge in [-0.05, 0) is 24.3 Å². The molecule has 0 spiro atoms. The molecule has 1 saturated heterocycles. The van der Waals surface area contributed by atoms with E-state index < -0.39 is 0 Å². The van der Waals surface area contributed by atoms with Gasteiger partial charge >= 0.3 is 0 Å². The van der Waals surface area contributed by atoms with Crippen molar-refractivity contribution in [2.24, 2.45) is 0 Å². The van der Waals surface area contributed by atoms with E-state index in [1.807, 2.05) is 58.8 Å². The van der Waals surface area contributed by atoms with Crippen LogP contribution in [0.1, 0.15) is 5.69 Å². The van der Waals surface area contributed by atoms with Gasteiger partial charge < -0.3 is 10.2 Å². The van der Waals surface area contributed by atoms with E-state index in [2.05, 4.69) is 20.2 Å². The summed E-state index contributed by atoms with van der Waals surface area (Å²) in [6, 6.07) is 15.1. The Hall–Kier alpha value is -3.10. The molecule has 8 heteroatoms. The van der Waals surface area contributed by atoms with Gasteiger partial charge in [0.15, 0.2) is 0 Å². The lowest BCUT2D eigenvalue weighted by Crippen LogP contribution is -2.50. The highest BCUT2D eigenvalue weighted by atomic mass is 32.1. The van der Waals surface area contributed by atoms with E-state index >= 15 is 0 Å². The van der Waals surface area contributed by atoms with Crippen molar-refractivity contribution in [1.82, 2.24) is 19.8 Å². The van der Waals surface area contributed by atoms with Crippen LogP contribution in [0.3, 0.4) is 0 Å². The third-order valence-electron chi connectivity index (χ3n) is 4.92. The van der Waals surface area contributed by atoms with E-state index in [9.17, 15) is 9.59 Å². The van der Waals surface area contributed by atoms with E-state index in [-0.39, 0.29) is 18.2 Å². The largest absolute Gasteiger partial charge is 0.340 e. The molecule has 1 N–H and O–H groups in total. The lowest BCUT2D eigenvalue weighted by Gasteiger charge is -2.34. The Morgan fingerprint density at radius 2 is 1.77 bits per heavy atom. The monoisotopic (exact) mass is 421 g/mol. The number of amides is 2. The molecule has 2 amide bonds. The van der Waals surface area contributed by atoms with Crippen LogP contribution < -0.4 is 5.32 Å². The van der Waals surface area contributed by atoms with Crippen molar-refractivity contribution in [1.29, 1.82) is 0 Å². The molecule has 0 aliphatic carbocycles. The molecule has 2 aromatic heterocycles. The van der Waals surface area contributed by atoms with Gasteiger partial charge in [0.05, 0.1) is 24.4 Å². The fourth-order valence-electron chi connectivity index (χ4n) is 3.34. The summed E-state index contributed by atoms with van der Waals surface area (Å²) in [4.78, 5) is 37.7. The van der Waals surface area contributed by atoms with Gasteiger partial charge in [-0.2, -0.15) is 0 Å². The van der Waals surface area contributed by atoms with Gasteiger partial charge in [0, 0.05) is 43.4 Å². The van der Waals surface area contributed by atoms with Gasteiger partial charge in [-0.3, -0.25) is 19.5 Å². The number of nitrogens with one attached hydrogen (secondary N) is 1. The number of benzene rings is 1. The molecule has 0 radical (unpaired) electrons. The molecule has 0 unspecified atom stereocenters. The molecule has 154 valence electrons. The zero-order valence-electron chi connectivity index (χ0n) is 16.5. The van der Waals surface area contributed by atoms with Crippen LogP contribution in [0.15, 0.2) is 60.1 Å². The van der Waals surface area contributed by atoms with Gasteiger partial charge in [-0.25, -0.2) is 4.98 Å². The topological polar surface area (TPSA) is 78.4 Å². The summed E-state index contributed by atoms with van der Waals surface area (Å²) >= 11 is 1.50. The minimum Gasteiger partial charge on any atom is -0.340 e. The molecule has 0 saturated carbocycles.